The summed E-state index contributed by atoms with van der Waals surface area (Å²) in [6, 6.07) is 9.63. The molecule has 6 N–H and O–H groups in total. The molecule has 4 amide bonds. The molecule has 2 aromatic heterocycles. The van der Waals surface area contributed by atoms with E-state index in [0.29, 0.717) is 40.3 Å². The van der Waals surface area contributed by atoms with Crippen molar-refractivity contribution in [2.24, 2.45) is 5.73 Å². The molecular formula is C21H18N6O3. The predicted molar refractivity (Wildman–Crippen MR) is 112 cm³/mol. The molecule has 150 valence electrons. The summed E-state index contributed by atoms with van der Waals surface area (Å²) in [5, 5.41) is 8.08. The van der Waals surface area contributed by atoms with E-state index in [-0.39, 0.29) is 11.8 Å². The number of H-pyrrole nitrogens is 1. The van der Waals surface area contributed by atoms with Crippen molar-refractivity contribution in [3.63, 3.8) is 0 Å². The first kappa shape index (κ1) is 18.9. The van der Waals surface area contributed by atoms with Gasteiger partial charge in [0.15, 0.2) is 0 Å². The summed E-state index contributed by atoms with van der Waals surface area (Å²) in [5.74, 6) is -0.526. The number of nitrogens with one attached hydrogen (secondary N) is 4. The molecule has 0 spiro atoms. The van der Waals surface area contributed by atoms with Crippen LogP contribution < -0.4 is 21.7 Å². The maximum Gasteiger partial charge on any atom is 0.316 e. The molecule has 0 saturated heterocycles. The molecule has 30 heavy (non-hydrogen) atoms. The van der Waals surface area contributed by atoms with Gasteiger partial charge in [-0.2, -0.15) is 0 Å². The number of amides is 4. The summed E-state index contributed by atoms with van der Waals surface area (Å²) >= 11 is 0. The fourth-order valence-corrected chi connectivity index (χ4v) is 3.12. The Hall–Kier alpha value is -4.40. The number of rotatable bonds is 5. The van der Waals surface area contributed by atoms with Gasteiger partial charge in [0.25, 0.3) is 11.8 Å². The first-order chi connectivity index (χ1) is 14.5. The van der Waals surface area contributed by atoms with Crippen molar-refractivity contribution in [3.8, 4) is 0 Å². The van der Waals surface area contributed by atoms with Crippen molar-refractivity contribution < 1.29 is 14.4 Å². The van der Waals surface area contributed by atoms with Crippen molar-refractivity contribution in [2.45, 2.75) is 6.54 Å². The Morgan fingerprint density at radius 2 is 2.07 bits per heavy atom. The van der Waals surface area contributed by atoms with Gasteiger partial charge < -0.3 is 26.7 Å². The van der Waals surface area contributed by atoms with Gasteiger partial charge in [-0.1, -0.05) is 6.07 Å². The van der Waals surface area contributed by atoms with Crippen molar-refractivity contribution in [3.05, 3.63) is 77.4 Å². The van der Waals surface area contributed by atoms with Crippen LogP contribution in [0.3, 0.4) is 0 Å². The zero-order valence-corrected chi connectivity index (χ0v) is 15.7. The second kappa shape index (κ2) is 7.92. The van der Waals surface area contributed by atoms with Gasteiger partial charge in [-0.25, -0.2) is 4.79 Å². The highest BCUT2D eigenvalue weighted by Gasteiger charge is 2.25. The smallest absolute Gasteiger partial charge is 0.316 e. The molecule has 3 aromatic rings. The number of primary amides is 1. The van der Waals surface area contributed by atoms with Gasteiger partial charge in [-0.3, -0.25) is 14.6 Å². The first-order valence-electron chi connectivity index (χ1n) is 9.09. The topological polar surface area (TPSA) is 142 Å². The summed E-state index contributed by atoms with van der Waals surface area (Å²) < 4.78 is 0. The van der Waals surface area contributed by atoms with Gasteiger partial charge in [-0.15, -0.1) is 0 Å². The summed E-state index contributed by atoms with van der Waals surface area (Å²) in [4.78, 5) is 42.8. The standard InChI is InChI=1S/C21H18N6O3/c22-21(30)26-14-3-4-18-16(7-14)17(20(29)27-18)8-15-6-13(11-24-15)19(28)25-10-12-2-1-5-23-9-12/h1-9,11,24H,10H2,(H,25,28)(H,27,29)(H3,22,26,30). The number of benzene rings is 1. The number of carbonyl (C=O) groups is 3. The number of aromatic amines is 1. The van der Waals surface area contributed by atoms with Crippen molar-refractivity contribution >= 4 is 40.9 Å². The molecule has 0 atom stereocenters. The number of fused-ring (bicyclic) bond motifs is 1. The quantitative estimate of drug-likeness (QED) is 0.417. The summed E-state index contributed by atoms with van der Waals surface area (Å²) in [6.07, 6.45) is 6.57. The highest BCUT2D eigenvalue weighted by molar-refractivity contribution is 6.35. The maximum absolute atomic E-state index is 12.4. The third-order valence-electron chi connectivity index (χ3n) is 4.51. The van der Waals surface area contributed by atoms with E-state index in [1.54, 1.807) is 55.0 Å². The van der Waals surface area contributed by atoms with E-state index in [1.807, 2.05) is 6.07 Å². The molecule has 1 aliphatic rings. The van der Waals surface area contributed by atoms with Gasteiger partial charge in [0.05, 0.1) is 11.1 Å². The molecule has 4 rings (SSSR count). The van der Waals surface area contributed by atoms with Crippen LogP contribution >= 0.6 is 0 Å². The van der Waals surface area contributed by atoms with Crippen LogP contribution in [0.1, 0.15) is 27.2 Å². The largest absolute Gasteiger partial charge is 0.361 e. The molecule has 0 aliphatic carbocycles. The van der Waals surface area contributed by atoms with Crippen LogP contribution in [0.15, 0.2) is 55.0 Å². The number of pyridine rings is 1. The van der Waals surface area contributed by atoms with Crippen molar-refractivity contribution in [2.75, 3.05) is 10.6 Å². The van der Waals surface area contributed by atoms with E-state index in [0.717, 1.165) is 5.56 Å². The monoisotopic (exact) mass is 402 g/mol. The van der Waals surface area contributed by atoms with Gasteiger partial charge in [0.2, 0.25) is 0 Å². The second-order valence-corrected chi connectivity index (χ2v) is 6.65. The van der Waals surface area contributed by atoms with E-state index in [2.05, 4.69) is 25.9 Å². The Labute approximate surface area is 171 Å². The highest BCUT2D eigenvalue weighted by Crippen LogP contribution is 2.35. The fourth-order valence-electron chi connectivity index (χ4n) is 3.12. The van der Waals surface area contributed by atoms with Gasteiger partial charge in [-0.05, 0) is 42.0 Å². The van der Waals surface area contributed by atoms with Crippen LogP contribution in [0.2, 0.25) is 0 Å². The number of nitrogens with zero attached hydrogens (tertiary/aromatic N) is 1. The van der Waals surface area contributed by atoms with E-state index in [4.69, 9.17) is 5.73 Å². The number of urea groups is 1. The summed E-state index contributed by atoms with van der Waals surface area (Å²) in [7, 11) is 0. The van der Waals surface area contributed by atoms with E-state index in [1.165, 1.54) is 0 Å². The number of carbonyl (C=O) groups excluding carboxylic acids is 3. The average molecular weight is 402 g/mol. The van der Waals surface area contributed by atoms with Gasteiger partial charge >= 0.3 is 6.03 Å². The van der Waals surface area contributed by atoms with Crippen LogP contribution in [0.4, 0.5) is 16.2 Å². The molecular weight excluding hydrogens is 384 g/mol. The van der Waals surface area contributed by atoms with Crippen molar-refractivity contribution in [1.82, 2.24) is 15.3 Å². The fraction of sp³-hybridized carbons (Fsp3) is 0.0476. The van der Waals surface area contributed by atoms with E-state index in [9.17, 15) is 14.4 Å². The molecule has 9 nitrogen and oxygen atoms in total. The number of hydrogen-bond acceptors (Lipinski definition) is 4. The lowest BCUT2D eigenvalue weighted by Gasteiger charge is -2.04. The minimum Gasteiger partial charge on any atom is -0.361 e. The lowest BCUT2D eigenvalue weighted by atomic mass is 10.1. The second-order valence-electron chi connectivity index (χ2n) is 6.65. The van der Waals surface area contributed by atoms with E-state index < -0.39 is 6.03 Å². The third kappa shape index (κ3) is 4.04. The van der Waals surface area contributed by atoms with E-state index >= 15 is 0 Å². The predicted octanol–water partition coefficient (Wildman–Crippen LogP) is 2.32. The number of hydrogen-bond donors (Lipinski definition) is 5. The van der Waals surface area contributed by atoms with Crippen LogP contribution in [-0.2, 0) is 11.3 Å². The Bertz CT molecular complexity index is 1170. The Morgan fingerprint density at radius 3 is 2.83 bits per heavy atom. The normalized spacial score (nSPS) is 13.6. The zero-order chi connectivity index (χ0) is 21.1. The molecule has 0 radical (unpaired) electrons. The van der Waals surface area contributed by atoms with Crippen LogP contribution in [-0.4, -0.2) is 27.8 Å². The van der Waals surface area contributed by atoms with Crippen molar-refractivity contribution in [1.29, 1.82) is 0 Å². The minimum absolute atomic E-state index is 0.246. The lowest BCUT2D eigenvalue weighted by Crippen LogP contribution is -2.22. The zero-order valence-electron chi connectivity index (χ0n) is 15.7. The van der Waals surface area contributed by atoms with Gasteiger partial charge in [0, 0.05) is 47.8 Å². The molecule has 0 unspecified atom stereocenters. The average Bonchev–Trinajstić information content (AvgIpc) is 3.32. The molecule has 1 aromatic carbocycles. The Balaban J connectivity index is 1.52. The molecule has 0 fully saturated rings. The first-order valence-corrected chi connectivity index (χ1v) is 9.09. The molecule has 9 heteroatoms. The van der Waals surface area contributed by atoms with Crippen LogP contribution in [0.25, 0.3) is 11.6 Å². The maximum atomic E-state index is 12.4. The third-order valence-corrected chi connectivity index (χ3v) is 4.51. The van der Waals surface area contributed by atoms with Crippen LogP contribution in [0, 0.1) is 0 Å². The molecule has 0 saturated carbocycles. The number of aromatic nitrogens is 2. The Kier molecular flexibility index (Phi) is 5.00. The molecule has 3 heterocycles. The number of anilines is 2. The van der Waals surface area contributed by atoms with Gasteiger partial charge in [0.1, 0.15) is 0 Å². The lowest BCUT2D eigenvalue weighted by molar-refractivity contribution is -0.110. The SMILES string of the molecule is NC(=O)Nc1ccc2c(c1)C(=Cc1cc(C(=O)NCc3cccnc3)c[nH]1)C(=O)N2. The highest BCUT2D eigenvalue weighted by atomic mass is 16.2. The minimum atomic E-state index is -0.691. The summed E-state index contributed by atoms with van der Waals surface area (Å²) in [5.41, 5.74) is 9.21. The molecule has 0 bridgehead atoms. The summed E-state index contributed by atoms with van der Waals surface area (Å²) in [6.45, 7) is 0.361. The molecule has 1 aliphatic heterocycles. The van der Waals surface area contributed by atoms with Crippen LogP contribution in [0.5, 0.6) is 0 Å². The number of nitrogens with two attached hydrogens (primary N) is 1. The Morgan fingerprint density at radius 1 is 1.20 bits per heavy atom.